The molecule has 0 saturated heterocycles. The van der Waals surface area contributed by atoms with E-state index in [2.05, 4.69) is 280 Å². The van der Waals surface area contributed by atoms with Gasteiger partial charge in [0.15, 0.2) is 0 Å². The summed E-state index contributed by atoms with van der Waals surface area (Å²) in [6, 6.07) is 97.6. The first-order valence-electron chi connectivity index (χ1n) is 24.9. The van der Waals surface area contributed by atoms with Crippen LogP contribution in [-0.2, 0) is 10.8 Å². The van der Waals surface area contributed by atoms with Gasteiger partial charge in [0.25, 0.3) is 0 Å². The summed E-state index contributed by atoms with van der Waals surface area (Å²) >= 11 is 0. The molecule has 0 aromatic heterocycles. The van der Waals surface area contributed by atoms with Gasteiger partial charge in [0.2, 0.25) is 0 Å². The summed E-state index contributed by atoms with van der Waals surface area (Å²) in [6.45, 7) is 4.74. The Hall–Kier alpha value is -8.78. The molecule has 0 saturated carbocycles. The Labute approximate surface area is 416 Å². The molecule has 0 aliphatic heterocycles. The third kappa shape index (κ3) is 6.13. The topological polar surface area (TPSA) is 3.24 Å². The normalized spacial score (nSPS) is 15.1. The molecule has 0 heterocycles. The van der Waals surface area contributed by atoms with E-state index in [9.17, 15) is 0 Å². The van der Waals surface area contributed by atoms with E-state index in [1.807, 2.05) is 0 Å². The first-order chi connectivity index (χ1) is 35.0. The molecule has 11 aromatic carbocycles. The summed E-state index contributed by atoms with van der Waals surface area (Å²) in [5.74, 6) is 0. The van der Waals surface area contributed by atoms with Crippen LogP contribution in [0, 0.1) is 0 Å². The van der Waals surface area contributed by atoms with Crippen LogP contribution in [-0.4, -0.2) is 0 Å². The van der Waals surface area contributed by atoms with Gasteiger partial charge < -0.3 is 4.90 Å². The molecule has 0 amide bonds. The van der Waals surface area contributed by atoms with E-state index in [-0.39, 0.29) is 5.41 Å². The van der Waals surface area contributed by atoms with Gasteiger partial charge in [-0.1, -0.05) is 226 Å². The number of benzene rings is 11. The van der Waals surface area contributed by atoms with Gasteiger partial charge >= 0.3 is 0 Å². The number of nitrogens with zero attached hydrogens (tertiary/aromatic N) is 1. The summed E-state index contributed by atoms with van der Waals surface area (Å²) in [5.41, 5.74) is 27.9. The average molecular weight is 904 g/mol. The third-order valence-corrected chi connectivity index (χ3v) is 15.9. The predicted octanol–water partition coefficient (Wildman–Crippen LogP) is 18.5. The molecule has 3 aliphatic carbocycles. The molecule has 1 heteroatoms. The van der Waals surface area contributed by atoms with Crippen molar-refractivity contribution in [1.82, 2.24) is 0 Å². The number of hydrogen-bond donors (Lipinski definition) is 0. The minimum atomic E-state index is -0.644. The molecule has 1 nitrogen and oxygen atoms in total. The van der Waals surface area contributed by atoms with Crippen LogP contribution in [0.5, 0.6) is 0 Å². The SMILES string of the molecule is CC1(C)c2ccccc2-c2cc(N(c3ccccc3-c3ccccc3)c3cccc4c3C3(c5ccccc5-c5ccc(-c6cc(-c7ccccc7)cc(-c7ccccc7)c6)cc53)c3ccccc3-4)ccc21. The highest BCUT2D eigenvalue weighted by atomic mass is 15.1. The molecule has 14 rings (SSSR count). The Morgan fingerprint density at radius 2 is 0.704 bits per heavy atom. The summed E-state index contributed by atoms with van der Waals surface area (Å²) in [6.07, 6.45) is 0. The predicted molar refractivity (Wildman–Crippen MR) is 297 cm³/mol. The molecule has 0 bridgehead atoms. The maximum Gasteiger partial charge on any atom is 0.0746 e. The van der Waals surface area contributed by atoms with Gasteiger partial charge in [-0.3, -0.25) is 0 Å². The van der Waals surface area contributed by atoms with Crippen LogP contribution in [0.25, 0.3) is 77.9 Å². The first kappa shape index (κ1) is 41.2. The molecule has 1 unspecified atom stereocenters. The lowest BCUT2D eigenvalue weighted by molar-refractivity contribution is 0.660. The minimum Gasteiger partial charge on any atom is -0.309 e. The van der Waals surface area contributed by atoms with Crippen LogP contribution in [0.1, 0.15) is 47.2 Å². The van der Waals surface area contributed by atoms with Gasteiger partial charge in [0, 0.05) is 22.2 Å². The zero-order valence-electron chi connectivity index (χ0n) is 39.8. The summed E-state index contributed by atoms with van der Waals surface area (Å²) < 4.78 is 0. The Balaban J connectivity index is 1.06. The van der Waals surface area contributed by atoms with Crippen molar-refractivity contribution in [2.45, 2.75) is 24.7 Å². The lowest BCUT2D eigenvalue weighted by Gasteiger charge is -2.36. The zero-order chi connectivity index (χ0) is 47.3. The Morgan fingerprint density at radius 3 is 1.34 bits per heavy atom. The van der Waals surface area contributed by atoms with Gasteiger partial charge in [-0.25, -0.2) is 0 Å². The summed E-state index contributed by atoms with van der Waals surface area (Å²) in [4.78, 5) is 2.59. The van der Waals surface area contributed by atoms with Crippen molar-refractivity contribution in [2.75, 3.05) is 4.90 Å². The maximum absolute atomic E-state index is 2.59. The fraction of sp³-hybridized carbons (Fsp3) is 0.0571. The number of anilines is 3. The number of fused-ring (bicyclic) bond motifs is 13. The van der Waals surface area contributed by atoms with E-state index in [1.54, 1.807) is 0 Å². The molecule has 1 atom stereocenters. The molecular formula is C70H49N. The molecular weight excluding hydrogens is 855 g/mol. The van der Waals surface area contributed by atoms with Crippen molar-refractivity contribution < 1.29 is 0 Å². The lowest BCUT2D eigenvalue weighted by atomic mass is 9.69. The van der Waals surface area contributed by atoms with Crippen molar-refractivity contribution in [3.05, 3.63) is 294 Å². The van der Waals surface area contributed by atoms with E-state index in [4.69, 9.17) is 0 Å². The van der Waals surface area contributed by atoms with Crippen LogP contribution >= 0.6 is 0 Å². The Kier molecular flexibility index (Phi) is 9.22. The third-order valence-electron chi connectivity index (χ3n) is 15.9. The van der Waals surface area contributed by atoms with Gasteiger partial charge in [0.1, 0.15) is 0 Å². The van der Waals surface area contributed by atoms with E-state index < -0.39 is 5.41 Å². The van der Waals surface area contributed by atoms with E-state index in [0.717, 1.165) is 17.1 Å². The van der Waals surface area contributed by atoms with E-state index in [0.29, 0.717) is 0 Å². The van der Waals surface area contributed by atoms with Crippen LogP contribution in [0.3, 0.4) is 0 Å². The second-order valence-corrected chi connectivity index (χ2v) is 20.0. The second kappa shape index (κ2) is 15.9. The minimum absolute atomic E-state index is 0.117. The van der Waals surface area contributed by atoms with Gasteiger partial charge in [-0.2, -0.15) is 0 Å². The second-order valence-electron chi connectivity index (χ2n) is 20.0. The van der Waals surface area contributed by atoms with Crippen LogP contribution < -0.4 is 4.90 Å². The van der Waals surface area contributed by atoms with Crippen molar-refractivity contribution in [2.24, 2.45) is 0 Å². The quantitative estimate of drug-likeness (QED) is 0.154. The molecule has 3 aliphatic rings. The molecule has 0 fully saturated rings. The molecule has 334 valence electrons. The fourth-order valence-corrected chi connectivity index (χ4v) is 12.7. The maximum atomic E-state index is 2.59. The zero-order valence-corrected chi connectivity index (χ0v) is 39.8. The van der Waals surface area contributed by atoms with Crippen LogP contribution in [0.2, 0.25) is 0 Å². The van der Waals surface area contributed by atoms with Crippen LogP contribution in [0.4, 0.5) is 17.1 Å². The first-order valence-corrected chi connectivity index (χ1v) is 24.9. The van der Waals surface area contributed by atoms with Gasteiger partial charge in [0.05, 0.1) is 16.8 Å². The average Bonchev–Trinajstić information content (AvgIpc) is 4.00. The van der Waals surface area contributed by atoms with Crippen molar-refractivity contribution >= 4 is 17.1 Å². The number of rotatable bonds is 7. The van der Waals surface area contributed by atoms with Crippen molar-refractivity contribution in [3.63, 3.8) is 0 Å². The standard InChI is InChI=1S/C70H49N/c1-69(2)61-32-16-12-30-57(61)60-45-53(38-40-62(60)69)71(66-35-19-15-27-54(66)48-25-10-5-11-26-48)67-36-20-31-59-56-29-14-18-34-64(56)70(68(59)67)63-33-17-13-28-55(63)58-39-37-49(44-65(58)70)52-42-50(46-21-6-3-7-22-46)41-51(43-52)47-23-8-4-9-24-47/h3-45H,1-2H3. The Morgan fingerprint density at radius 1 is 0.254 bits per heavy atom. The fourth-order valence-electron chi connectivity index (χ4n) is 12.7. The lowest BCUT2D eigenvalue weighted by Crippen LogP contribution is -2.28. The Bertz CT molecular complexity index is 3830. The van der Waals surface area contributed by atoms with Gasteiger partial charge in [-0.05, 0) is 149 Å². The number of para-hydroxylation sites is 1. The monoisotopic (exact) mass is 903 g/mol. The summed E-state index contributed by atoms with van der Waals surface area (Å²) in [5, 5.41) is 0. The largest absolute Gasteiger partial charge is 0.309 e. The van der Waals surface area contributed by atoms with Crippen molar-refractivity contribution in [1.29, 1.82) is 0 Å². The van der Waals surface area contributed by atoms with Crippen LogP contribution in [0.15, 0.2) is 261 Å². The highest BCUT2D eigenvalue weighted by Gasteiger charge is 2.53. The smallest absolute Gasteiger partial charge is 0.0746 e. The number of hydrogen-bond acceptors (Lipinski definition) is 1. The van der Waals surface area contributed by atoms with E-state index in [1.165, 1.54) is 111 Å². The van der Waals surface area contributed by atoms with E-state index >= 15 is 0 Å². The molecule has 71 heavy (non-hydrogen) atoms. The highest BCUT2D eigenvalue weighted by molar-refractivity contribution is 6.02. The molecule has 11 aromatic rings. The highest BCUT2D eigenvalue weighted by Crippen LogP contribution is 2.66. The molecule has 0 radical (unpaired) electrons. The molecule has 1 spiro atoms. The molecule has 0 N–H and O–H groups in total. The summed E-state index contributed by atoms with van der Waals surface area (Å²) in [7, 11) is 0. The van der Waals surface area contributed by atoms with Gasteiger partial charge in [-0.15, -0.1) is 0 Å². The van der Waals surface area contributed by atoms with Crippen molar-refractivity contribution in [3.8, 4) is 77.9 Å².